The van der Waals surface area contributed by atoms with E-state index in [4.69, 9.17) is 4.74 Å². The van der Waals surface area contributed by atoms with Gasteiger partial charge < -0.3 is 15.0 Å². The van der Waals surface area contributed by atoms with Crippen LogP contribution in [-0.4, -0.2) is 47.8 Å². The lowest BCUT2D eigenvalue weighted by atomic mass is 9.88. The molecule has 2 aromatic rings. The Labute approximate surface area is 183 Å². The van der Waals surface area contributed by atoms with Crippen LogP contribution in [0.15, 0.2) is 30.6 Å². The summed E-state index contributed by atoms with van der Waals surface area (Å²) < 4.78 is 18.2. The molecule has 9 heteroatoms. The van der Waals surface area contributed by atoms with Crippen LogP contribution in [-0.2, 0) is 22.4 Å². The molecule has 1 unspecified atom stereocenters. The molecule has 1 aliphatic carbocycles. The Morgan fingerprint density at radius 2 is 2.29 bits per heavy atom. The lowest BCUT2D eigenvalue weighted by Crippen LogP contribution is -2.51. The molecule has 2 amide bonds. The first-order chi connectivity index (χ1) is 15.0. The van der Waals surface area contributed by atoms with Crippen LogP contribution in [0.2, 0.25) is 0 Å². The number of hydrogen-bond acceptors (Lipinski definition) is 6. The number of pyridine rings is 1. The van der Waals surface area contributed by atoms with Crippen molar-refractivity contribution < 1.29 is 18.7 Å². The van der Waals surface area contributed by atoms with Crippen molar-refractivity contribution in [2.45, 2.75) is 25.4 Å². The summed E-state index contributed by atoms with van der Waals surface area (Å²) >= 11 is 1.40. The van der Waals surface area contributed by atoms with Crippen molar-refractivity contribution in [1.82, 2.24) is 9.88 Å². The number of amides is 2. The summed E-state index contributed by atoms with van der Waals surface area (Å²) in [6.45, 7) is 0.464. The summed E-state index contributed by atoms with van der Waals surface area (Å²) in [5.41, 5.74) is 2.28. The molecule has 1 aliphatic heterocycles. The van der Waals surface area contributed by atoms with Crippen LogP contribution in [0.25, 0.3) is 6.08 Å². The number of carbonyl (C=O) groups is 2. The Morgan fingerprint density at radius 1 is 1.45 bits per heavy atom. The van der Waals surface area contributed by atoms with Crippen molar-refractivity contribution in [2.75, 3.05) is 25.0 Å². The SMILES string of the molecule is N#Cc1c(NC(=O)C=Cc2cccnc2)sc2c1CCC(COC(=O)N1CC(F)C1)C2. The number of fused-ring (bicyclic) bond motifs is 1. The normalized spacial score (nSPS) is 18.2. The molecule has 2 aromatic heterocycles. The fraction of sp³-hybridized carbons (Fsp3) is 0.364. The van der Waals surface area contributed by atoms with E-state index in [1.54, 1.807) is 24.5 Å². The molecule has 0 bridgehead atoms. The number of thiophene rings is 1. The van der Waals surface area contributed by atoms with Gasteiger partial charge in [0.05, 0.1) is 25.3 Å². The molecule has 2 aliphatic rings. The highest BCUT2D eigenvalue weighted by Crippen LogP contribution is 2.39. The topological polar surface area (TPSA) is 95.3 Å². The molecule has 0 radical (unpaired) electrons. The van der Waals surface area contributed by atoms with Gasteiger partial charge >= 0.3 is 6.09 Å². The van der Waals surface area contributed by atoms with E-state index in [2.05, 4.69) is 16.4 Å². The number of ether oxygens (including phenoxy) is 1. The van der Waals surface area contributed by atoms with Crippen molar-refractivity contribution in [3.05, 3.63) is 52.2 Å². The third kappa shape index (κ3) is 4.91. The first-order valence-corrected chi connectivity index (χ1v) is 10.8. The molecule has 7 nitrogen and oxygen atoms in total. The standard InChI is InChI=1S/C22H21FN4O3S/c23-16-11-27(12-16)22(29)30-13-15-3-5-17-18(9-24)21(31-19(17)8-15)26-20(28)6-4-14-2-1-7-25-10-14/h1-2,4,6-7,10,15-16H,3,5,8,11-13H2,(H,26,28). The molecule has 0 spiro atoms. The van der Waals surface area contributed by atoms with Crippen LogP contribution in [0.5, 0.6) is 0 Å². The quantitative estimate of drug-likeness (QED) is 0.718. The van der Waals surface area contributed by atoms with Gasteiger partial charge in [0.1, 0.15) is 17.2 Å². The smallest absolute Gasteiger partial charge is 0.409 e. The first kappa shape index (κ1) is 21.0. The first-order valence-electron chi connectivity index (χ1n) is 10.0. The number of anilines is 1. The predicted molar refractivity (Wildman–Crippen MR) is 114 cm³/mol. The van der Waals surface area contributed by atoms with Crippen molar-refractivity contribution in [2.24, 2.45) is 5.92 Å². The monoisotopic (exact) mass is 440 g/mol. The third-order valence-corrected chi connectivity index (χ3v) is 6.53. The lowest BCUT2D eigenvalue weighted by molar-refractivity contribution is -0.111. The fourth-order valence-electron chi connectivity index (χ4n) is 3.66. The number of carbonyl (C=O) groups excluding carboxylic acids is 2. The molecule has 1 saturated heterocycles. The predicted octanol–water partition coefficient (Wildman–Crippen LogP) is 3.56. The minimum Gasteiger partial charge on any atom is -0.449 e. The van der Waals surface area contributed by atoms with Gasteiger partial charge in [-0.1, -0.05) is 6.07 Å². The fourth-order valence-corrected chi connectivity index (χ4v) is 4.97. The molecule has 1 fully saturated rings. The molecular weight excluding hydrogens is 419 g/mol. The highest BCUT2D eigenvalue weighted by molar-refractivity contribution is 7.16. The minimum atomic E-state index is -0.951. The Morgan fingerprint density at radius 3 is 3.00 bits per heavy atom. The van der Waals surface area contributed by atoms with Crippen LogP contribution >= 0.6 is 11.3 Å². The van der Waals surface area contributed by atoms with Crippen LogP contribution in [0, 0.1) is 17.2 Å². The number of nitrogens with one attached hydrogen (secondary N) is 1. The summed E-state index contributed by atoms with van der Waals surface area (Å²) in [6.07, 6.45) is 7.11. The third-order valence-electron chi connectivity index (χ3n) is 5.37. The molecule has 0 saturated carbocycles. The van der Waals surface area contributed by atoms with E-state index in [1.807, 2.05) is 6.07 Å². The van der Waals surface area contributed by atoms with Gasteiger partial charge in [-0.3, -0.25) is 9.78 Å². The molecule has 160 valence electrons. The van der Waals surface area contributed by atoms with E-state index in [0.717, 1.165) is 22.4 Å². The van der Waals surface area contributed by atoms with Gasteiger partial charge in [0.25, 0.3) is 0 Å². The Hall–Kier alpha value is -3.25. The second kappa shape index (κ2) is 9.27. The van der Waals surface area contributed by atoms with Crippen molar-refractivity contribution in [3.63, 3.8) is 0 Å². The summed E-state index contributed by atoms with van der Waals surface area (Å²) in [4.78, 5) is 30.6. The molecule has 1 N–H and O–H groups in total. The molecule has 31 heavy (non-hydrogen) atoms. The Balaban J connectivity index is 1.36. The van der Waals surface area contributed by atoms with Crippen LogP contribution in [0.3, 0.4) is 0 Å². The lowest BCUT2D eigenvalue weighted by Gasteiger charge is -2.33. The number of halogens is 1. The van der Waals surface area contributed by atoms with Gasteiger partial charge in [-0.2, -0.15) is 5.26 Å². The van der Waals surface area contributed by atoms with Gasteiger partial charge in [0.15, 0.2) is 0 Å². The second-order valence-electron chi connectivity index (χ2n) is 7.62. The summed E-state index contributed by atoms with van der Waals surface area (Å²) in [5, 5.41) is 13.0. The zero-order valence-electron chi connectivity index (χ0n) is 16.7. The molecule has 4 rings (SSSR count). The number of nitriles is 1. The van der Waals surface area contributed by atoms with Crippen LogP contribution in [0.4, 0.5) is 14.2 Å². The van der Waals surface area contributed by atoms with E-state index < -0.39 is 12.3 Å². The number of aromatic nitrogens is 1. The number of nitrogens with zero attached hydrogens (tertiary/aromatic N) is 3. The summed E-state index contributed by atoms with van der Waals surface area (Å²) in [7, 11) is 0. The van der Waals surface area contributed by atoms with E-state index in [9.17, 15) is 19.2 Å². The van der Waals surface area contributed by atoms with Crippen LogP contribution < -0.4 is 5.32 Å². The van der Waals surface area contributed by atoms with Crippen molar-refractivity contribution >= 4 is 34.4 Å². The van der Waals surface area contributed by atoms with E-state index >= 15 is 0 Å². The molecular formula is C22H21FN4O3S. The van der Waals surface area contributed by atoms with Crippen molar-refractivity contribution in [1.29, 1.82) is 5.26 Å². The van der Waals surface area contributed by atoms with Gasteiger partial charge in [-0.25, -0.2) is 9.18 Å². The molecule has 0 aromatic carbocycles. The largest absolute Gasteiger partial charge is 0.449 e. The van der Waals surface area contributed by atoms with E-state index in [-0.39, 0.29) is 31.5 Å². The maximum atomic E-state index is 12.9. The zero-order chi connectivity index (χ0) is 21.8. The Bertz CT molecular complexity index is 1040. The van der Waals surface area contributed by atoms with Gasteiger partial charge in [0.2, 0.25) is 5.91 Å². The van der Waals surface area contributed by atoms with E-state index in [0.29, 0.717) is 23.4 Å². The van der Waals surface area contributed by atoms with E-state index in [1.165, 1.54) is 22.3 Å². The van der Waals surface area contributed by atoms with Gasteiger partial charge in [-0.15, -0.1) is 11.3 Å². The number of rotatable bonds is 5. The average Bonchev–Trinajstić information content (AvgIpc) is 3.10. The number of alkyl halides is 1. The summed E-state index contributed by atoms with van der Waals surface area (Å²) in [6, 6.07) is 5.84. The average molecular weight is 441 g/mol. The Kier molecular flexibility index (Phi) is 6.28. The molecule has 1 atom stereocenters. The maximum Gasteiger partial charge on any atom is 0.409 e. The van der Waals surface area contributed by atoms with Crippen molar-refractivity contribution in [3.8, 4) is 6.07 Å². The zero-order valence-corrected chi connectivity index (χ0v) is 17.5. The second-order valence-corrected chi connectivity index (χ2v) is 8.72. The highest BCUT2D eigenvalue weighted by atomic mass is 32.1. The summed E-state index contributed by atoms with van der Waals surface area (Å²) in [5.74, 6) is -0.178. The van der Waals surface area contributed by atoms with Crippen LogP contribution in [0.1, 0.15) is 28.0 Å². The number of likely N-dealkylation sites (tertiary alicyclic amines) is 1. The van der Waals surface area contributed by atoms with Gasteiger partial charge in [-0.05, 0) is 48.4 Å². The number of hydrogen-bond donors (Lipinski definition) is 1. The minimum absolute atomic E-state index is 0.0996. The van der Waals surface area contributed by atoms with Gasteiger partial charge in [0, 0.05) is 23.3 Å². The maximum absolute atomic E-state index is 12.9. The molecule has 3 heterocycles. The highest BCUT2D eigenvalue weighted by Gasteiger charge is 2.32.